The molecule has 1 fully saturated rings. The number of hydrogen-bond donors (Lipinski definition) is 0. The van der Waals surface area contributed by atoms with Crippen molar-refractivity contribution < 1.29 is 13.5 Å². The molecule has 0 aliphatic heterocycles. The molecule has 1 aliphatic carbocycles. The van der Waals surface area contributed by atoms with E-state index in [-0.39, 0.29) is 11.7 Å². The van der Waals surface area contributed by atoms with Gasteiger partial charge >= 0.3 is 0 Å². The molecule has 2 rings (SSSR count). The van der Waals surface area contributed by atoms with Gasteiger partial charge in [0.05, 0.1) is 6.26 Å². The summed E-state index contributed by atoms with van der Waals surface area (Å²) in [5, 5.41) is 0. The number of allylic oxidation sites excluding steroid dienone is 1. The van der Waals surface area contributed by atoms with E-state index in [9.17, 15) is 8.78 Å². The molecule has 0 amide bonds. The molecule has 0 heterocycles. The average molecular weight is 322 g/mol. The van der Waals surface area contributed by atoms with Crippen LogP contribution in [0.15, 0.2) is 24.5 Å². The van der Waals surface area contributed by atoms with Crippen LogP contribution in [0.1, 0.15) is 76.7 Å². The van der Waals surface area contributed by atoms with Crippen LogP contribution < -0.4 is 4.74 Å². The topological polar surface area (TPSA) is 9.23 Å². The minimum Gasteiger partial charge on any atom is -0.462 e. The second-order valence-electron chi connectivity index (χ2n) is 6.57. The van der Waals surface area contributed by atoms with Gasteiger partial charge in [-0.2, -0.15) is 4.39 Å². The Morgan fingerprint density at radius 1 is 1.04 bits per heavy atom. The molecule has 1 aliphatic rings. The SMILES string of the molecule is CCCC=COc1ccc(C2CCC(CCC)CC2)c(F)c1F. The van der Waals surface area contributed by atoms with Crippen LogP contribution in [0.5, 0.6) is 5.75 Å². The van der Waals surface area contributed by atoms with E-state index in [1.807, 2.05) is 6.08 Å². The Morgan fingerprint density at radius 2 is 1.78 bits per heavy atom. The molecule has 1 aromatic carbocycles. The van der Waals surface area contributed by atoms with Crippen LogP contribution in [0.4, 0.5) is 8.78 Å². The summed E-state index contributed by atoms with van der Waals surface area (Å²) < 4.78 is 33.8. The molecule has 1 nitrogen and oxygen atoms in total. The Hall–Kier alpha value is -1.38. The molecule has 0 bridgehead atoms. The highest BCUT2D eigenvalue weighted by atomic mass is 19.2. The van der Waals surface area contributed by atoms with Crippen molar-refractivity contribution in [1.82, 2.24) is 0 Å². The first-order chi connectivity index (χ1) is 11.2. The van der Waals surface area contributed by atoms with Crippen molar-refractivity contribution in [2.45, 2.75) is 71.1 Å². The third-order valence-electron chi connectivity index (χ3n) is 4.81. The molecule has 0 radical (unpaired) electrons. The van der Waals surface area contributed by atoms with Gasteiger partial charge in [0.15, 0.2) is 11.6 Å². The molecule has 3 heteroatoms. The number of rotatable bonds is 7. The van der Waals surface area contributed by atoms with Crippen molar-refractivity contribution in [2.75, 3.05) is 0 Å². The molecule has 1 aromatic rings. The van der Waals surface area contributed by atoms with Crippen LogP contribution in [-0.4, -0.2) is 0 Å². The lowest BCUT2D eigenvalue weighted by molar-refractivity contribution is 0.302. The molecule has 0 saturated heterocycles. The van der Waals surface area contributed by atoms with Gasteiger partial charge in [-0.25, -0.2) is 4.39 Å². The maximum atomic E-state index is 14.4. The van der Waals surface area contributed by atoms with Crippen molar-refractivity contribution in [3.05, 3.63) is 41.7 Å². The van der Waals surface area contributed by atoms with Gasteiger partial charge in [-0.3, -0.25) is 0 Å². The van der Waals surface area contributed by atoms with E-state index in [0.717, 1.165) is 44.4 Å². The molecule has 0 unspecified atom stereocenters. The summed E-state index contributed by atoms with van der Waals surface area (Å²) in [6.07, 6.45) is 11.7. The first-order valence-electron chi connectivity index (χ1n) is 8.96. The summed E-state index contributed by atoms with van der Waals surface area (Å²) in [7, 11) is 0. The quantitative estimate of drug-likeness (QED) is 0.506. The van der Waals surface area contributed by atoms with Gasteiger partial charge in [-0.05, 0) is 61.6 Å². The molecule has 0 N–H and O–H groups in total. The Labute approximate surface area is 138 Å². The Bertz CT molecular complexity index is 517. The highest BCUT2D eigenvalue weighted by Gasteiger charge is 2.26. The lowest BCUT2D eigenvalue weighted by Gasteiger charge is -2.29. The normalized spacial score (nSPS) is 21.7. The molecule has 23 heavy (non-hydrogen) atoms. The fourth-order valence-electron chi connectivity index (χ4n) is 3.48. The van der Waals surface area contributed by atoms with Crippen LogP contribution in [-0.2, 0) is 0 Å². The molecule has 1 saturated carbocycles. The van der Waals surface area contributed by atoms with E-state index in [4.69, 9.17) is 4.74 Å². The first-order valence-corrected chi connectivity index (χ1v) is 8.96. The summed E-state index contributed by atoms with van der Waals surface area (Å²) in [6.45, 7) is 4.25. The zero-order chi connectivity index (χ0) is 16.7. The summed E-state index contributed by atoms with van der Waals surface area (Å²) in [4.78, 5) is 0. The van der Waals surface area contributed by atoms with Crippen LogP contribution in [0.3, 0.4) is 0 Å². The van der Waals surface area contributed by atoms with Crippen LogP contribution in [0, 0.1) is 17.6 Å². The van der Waals surface area contributed by atoms with E-state index in [2.05, 4.69) is 13.8 Å². The van der Waals surface area contributed by atoms with Crippen LogP contribution in [0.25, 0.3) is 0 Å². The molecule has 0 atom stereocenters. The summed E-state index contributed by atoms with van der Waals surface area (Å²) in [5.41, 5.74) is 0.516. The predicted molar refractivity (Wildman–Crippen MR) is 90.6 cm³/mol. The van der Waals surface area contributed by atoms with Crippen molar-refractivity contribution in [2.24, 2.45) is 5.92 Å². The minimum atomic E-state index is -0.862. The maximum absolute atomic E-state index is 14.4. The second kappa shape index (κ2) is 9.05. The van der Waals surface area contributed by atoms with E-state index in [1.165, 1.54) is 19.1 Å². The van der Waals surface area contributed by atoms with E-state index in [1.54, 1.807) is 12.1 Å². The molecular weight excluding hydrogens is 294 g/mol. The number of unbranched alkanes of at least 4 members (excludes halogenated alkanes) is 1. The molecule has 0 aromatic heterocycles. The Balaban J connectivity index is 2.02. The molecule has 128 valence electrons. The van der Waals surface area contributed by atoms with Crippen molar-refractivity contribution in [3.8, 4) is 5.75 Å². The van der Waals surface area contributed by atoms with Crippen molar-refractivity contribution in [1.29, 1.82) is 0 Å². The van der Waals surface area contributed by atoms with Gasteiger partial charge < -0.3 is 4.74 Å². The average Bonchev–Trinajstić information content (AvgIpc) is 2.57. The first kappa shape index (κ1) is 18.0. The van der Waals surface area contributed by atoms with Gasteiger partial charge in [-0.15, -0.1) is 0 Å². The predicted octanol–water partition coefficient (Wildman–Crippen LogP) is 6.73. The lowest BCUT2D eigenvalue weighted by atomic mass is 9.77. The number of benzene rings is 1. The van der Waals surface area contributed by atoms with Crippen molar-refractivity contribution in [3.63, 3.8) is 0 Å². The summed E-state index contributed by atoms with van der Waals surface area (Å²) in [5.74, 6) is -0.722. The largest absolute Gasteiger partial charge is 0.462 e. The monoisotopic (exact) mass is 322 g/mol. The molecular formula is C20H28F2O. The second-order valence-corrected chi connectivity index (χ2v) is 6.57. The fraction of sp³-hybridized carbons (Fsp3) is 0.600. The summed E-state index contributed by atoms with van der Waals surface area (Å²) in [6, 6.07) is 3.26. The van der Waals surface area contributed by atoms with Gasteiger partial charge in [-0.1, -0.05) is 39.2 Å². The minimum absolute atomic E-state index is 0.0294. The van der Waals surface area contributed by atoms with E-state index < -0.39 is 11.6 Å². The van der Waals surface area contributed by atoms with Gasteiger partial charge in [0.1, 0.15) is 0 Å². The lowest BCUT2D eigenvalue weighted by Crippen LogP contribution is -2.14. The zero-order valence-corrected chi connectivity index (χ0v) is 14.3. The van der Waals surface area contributed by atoms with Gasteiger partial charge in [0.25, 0.3) is 0 Å². The van der Waals surface area contributed by atoms with Crippen LogP contribution >= 0.6 is 0 Å². The molecule has 0 spiro atoms. The smallest absolute Gasteiger partial charge is 0.201 e. The third-order valence-corrected chi connectivity index (χ3v) is 4.81. The highest BCUT2D eigenvalue weighted by Crippen LogP contribution is 2.39. The van der Waals surface area contributed by atoms with Crippen molar-refractivity contribution >= 4 is 0 Å². The summed E-state index contributed by atoms with van der Waals surface area (Å²) >= 11 is 0. The number of hydrogen-bond acceptors (Lipinski definition) is 1. The zero-order valence-electron chi connectivity index (χ0n) is 14.3. The van der Waals surface area contributed by atoms with E-state index >= 15 is 0 Å². The standard InChI is InChI=1S/C20H28F2O/c1-3-5-6-14-23-18-13-12-17(19(21)20(18)22)16-10-8-15(7-4-2)9-11-16/h6,12-16H,3-5,7-11H2,1-2H3. The number of halogens is 2. The van der Waals surface area contributed by atoms with Gasteiger partial charge in [0.2, 0.25) is 5.82 Å². The fourth-order valence-corrected chi connectivity index (χ4v) is 3.48. The Kier molecular flexibility index (Phi) is 7.07. The van der Waals surface area contributed by atoms with E-state index in [0.29, 0.717) is 5.56 Å². The third kappa shape index (κ3) is 4.79. The number of ether oxygens (including phenoxy) is 1. The van der Waals surface area contributed by atoms with Crippen LogP contribution in [0.2, 0.25) is 0 Å². The Morgan fingerprint density at radius 3 is 2.43 bits per heavy atom. The highest BCUT2D eigenvalue weighted by molar-refractivity contribution is 5.33. The van der Waals surface area contributed by atoms with Gasteiger partial charge in [0, 0.05) is 0 Å². The maximum Gasteiger partial charge on any atom is 0.201 e.